The number of amides is 1. The van der Waals surface area contributed by atoms with Crippen molar-refractivity contribution < 1.29 is 4.79 Å². The summed E-state index contributed by atoms with van der Waals surface area (Å²) < 4.78 is 1.46. The molecule has 1 aromatic rings. The monoisotopic (exact) mass is 183 g/mol. The van der Waals surface area contributed by atoms with E-state index in [0.29, 0.717) is 18.1 Å². The summed E-state index contributed by atoms with van der Waals surface area (Å²) in [4.78, 5) is 10.7. The first-order valence-corrected chi connectivity index (χ1v) is 3.88. The molecule has 0 aromatic carbocycles. The van der Waals surface area contributed by atoms with Gasteiger partial charge in [0, 0.05) is 0 Å². The summed E-state index contributed by atoms with van der Waals surface area (Å²) in [6.45, 7) is 2.07. The quantitative estimate of drug-likeness (QED) is 0.567. The maximum atomic E-state index is 10.7. The first-order chi connectivity index (χ1) is 6.02. The molecule has 6 nitrogen and oxygen atoms in total. The van der Waals surface area contributed by atoms with Crippen molar-refractivity contribution in [3.63, 3.8) is 0 Å². The van der Waals surface area contributed by atoms with E-state index in [2.05, 4.69) is 5.10 Å². The van der Waals surface area contributed by atoms with Gasteiger partial charge >= 0.3 is 0 Å². The highest BCUT2D eigenvalue weighted by Crippen LogP contribution is 2.13. The van der Waals surface area contributed by atoms with E-state index in [9.17, 15) is 4.79 Å². The summed E-state index contributed by atoms with van der Waals surface area (Å²) >= 11 is 0. The summed E-state index contributed by atoms with van der Waals surface area (Å²) in [5.74, 6) is -0.317. The molecule has 0 bridgehead atoms. The fourth-order valence-corrected chi connectivity index (χ4v) is 0.904. The molecule has 0 saturated carbocycles. The number of rotatable bonds is 3. The lowest BCUT2D eigenvalue weighted by molar-refractivity contribution is -0.121. The lowest BCUT2D eigenvalue weighted by Crippen LogP contribution is -2.25. The van der Waals surface area contributed by atoms with E-state index in [1.165, 1.54) is 10.9 Å². The smallest absolute Gasteiger partial charge is 0.222 e. The highest BCUT2D eigenvalue weighted by Gasteiger charge is 2.12. The minimum absolute atomic E-state index is 0.304. The van der Waals surface area contributed by atoms with Crippen molar-refractivity contribution in [2.75, 3.05) is 11.5 Å². The minimum atomic E-state index is -0.381. The summed E-state index contributed by atoms with van der Waals surface area (Å²) in [5.41, 5.74) is 16.5. The van der Waals surface area contributed by atoms with Crippen LogP contribution in [0.1, 0.15) is 6.92 Å². The second kappa shape index (κ2) is 3.34. The van der Waals surface area contributed by atoms with Crippen LogP contribution in [0, 0.1) is 5.92 Å². The van der Waals surface area contributed by atoms with Crippen molar-refractivity contribution in [3.8, 4) is 0 Å². The van der Waals surface area contributed by atoms with Crippen LogP contribution in [-0.2, 0) is 11.3 Å². The second-order valence-electron chi connectivity index (χ2n) is 2.97. The van der Waals surface area contributed by atoms with Gasteiger partial charge < -0.3 is 17.2 Å². The Morgan fingerprint density at radius 3 is 2.69 bits per heavy atom. The van der Waals surface area contributed by atoms with Gasteiger partial charge in [-0.15, -0.1) is 0 Å². The van der Waals surface area contributed by atoms with Gasteiger partial charge in [0.2, 0.25) is 5.91 Å². The minimum Gasteiger partial charge on any atom is -0.394 e. The average molecular weight is 183 g/mol. The predicted octanol–water partition coefficient (Wildman–Crippen LogP) is -0.831. The van der Waals surface area contributed by atoms with Gasteiger partial charge in [0.05, 0.1) is 24.3 Å². The molecular weight excluding hydrogens is 170 g/mol. The average Bonchev–Trinajstić information content (AvgIpc) is 2.36. The molecule has 1 heterocycles. The zero-order valence-corrected chi connectivity index (χ0v) is 7.40. The van der Waals surface area contributed by atoms with Crippen molar-refractivity contribution in [3.05, 3.63) is 6.20 Å². The summed E-state index contributed by atoms with van der Waals surface area (Å²) in [6.07, 6.45) is 1.45. The van der Waals surface area contributed by atoms with Crippen LogP contribution in [0.15, 0.2) is 6.20 Å². The topological polar surface area (TPSA) is 113 Å². The number of anilines is 2. The van der Waals surface area contributed by atoms with Gasteiger partial charge in [-0.1, -0.05) is 6.92 Å². The number of carbonyl (C=O) groups excluding carboxylic acids is 1. The van der Waals surface area contributed by atoms with Crippen LogP contribution in [0.2, 0.25) is 0 Å². The van der Waals surface area contributed by atoms with Gasteiger partial charge in [-0.3, -0.25) is 4.79 Å². The molecule has 1 atom stereocenters. The van der Waals surface area contributed by atoms with Gasteiger partial charge in [-0.05, 0) is 0 Å². The van der Waals surface area contributed by atoms with Crippen molar-refractivity contribution >= 4 is 17.4 Å². The Hall–Kier alpha value is -1.72. The maximum absolute atomic E-state index is 10.7. The van der Waals surface area contributed by atoms with Gasteiger partial charge in [-0.25, -0.2) is 4.68 Å². The molecule has 1 unspecified atom stereocenters. The molecule has 6 N–H and O–H groups in total. The fraction of sp³-hybridized carbons (Fsp3) is 0.429. The van der Waals surface area contributed by atoms with E-state index in [-0.39, 0.29) is 11.8 Å². The van der Waals surface area contributed by atoms with E-state index in [4.69, 9.17) is 17.2 Å². The molecule has 0 aliphatic rings. The predicted molar refractivity (Wildman–Crippen MR) is 49.4 cm³/mol. The number of nitrogens with zero attached hydrogens (tertiary/aromatic N) is 2. The first-order valence-electron chi connectivity index (χ1n) is 3.88. The molecule has 0 saturated heterocycles. The molecule has 0 aliphatic carbocycles. The van der Waals surface area contributed by atoms with Gasteiger partial charge in [-0.2, -0.15) is 5.10 Å². The number of hydrogen-bond donors (Lipinski definition) is 3. The lowest BCUT2D eigenvalue weighted by Gasteiger charge is -2.08. The van der Waals surface area contributed by atoms with E-state index in [1.54, 1.807) is 6.92 Å². The van der Waals surface area contributed by atoms with E-state index >= 15 is 0 Å². The third-order valence-corrected chi connectivity index (χ3v) is 1.84. The summed E-state index contributed by atoms with van der Waals surface area (Å²) in [7, 11) is 0. The normalized spacial score (nSPS) is 12.7. The van der Waals surface area contributed by atoms with Crippen LogP contribution in [0.3, 0.4) is 0 Å². The molecule has 13 heavy (non-hydrogen) atoms. The Morgan fingerprint density at radius 2 is 2.31 bits per heavy atom. The number of aromatic nitrogens is 2. The largest absolute Gasteiger partial charge is 0.394 e. The number of nitrogens with two attached hydrogens (primary N) is 3. The van der Waals surface area contributed by atoms with E-state index in [0.717, 1.165) is 0 Å². The van der Waals surface area contributed by atoms with Crippen molar-refractivity contribution in [1.29, 1.82) is 0 Å². The number of nitrogen functional groups attached to an aromatic ring is 2. The third kappa shape index (κ3) is 1.90. The molecule has 0 aliphatic heterocycles. The highest BCUT2D eigenvalue weighted by atomic mass is 16.1. The molecule has 0 fully saturated rings. The van der Waals surface area contributed by atoms with E-state index in [1.807, 2.05) is 0 Å². The number of carbonyl (C=O) groups is 1. The van der Waals surface area contributed by atoms with Crippen molar-refractivity contribution in [2.24, 2.45) is 11.7 Å². The van der Waals surface area contributed by atoms with Crippen LogP contribution in [0.4, 0.5) is 11.5 Å². The van der Waals surface area contributed by atoms with Crippen LogP contribution in [-0.4, -0.2) is 15.7 Å². The Labute approximate surface area is 75.7 Å². The molecule has 6 heteroatoms. The van der Waals surface area contributed by atoms with Crippen LogP contribution < -0.4 is 17.2 Å². The van der Waals surface area contributed by atoms with Crippen LogP contribution in [0.5, 0.6) is 0 Å². The molecule has 1 rings (SSSR count). The maximum Gasteiger partial charge on any atom is 0.222 e. The molecule has 1 amide bonds. The molecule has 72 valence electrons. The SMILES string of the molecule is CC(Cn1ncc(N)c1N)C(N)=O. The van der Waals surface area contributed by atoms with Crippen LogP contribution >= 0.6 is 0 Å². The van der Waals surface area contributed by atoms with Crippen molar-refractivity contribution in [2.45, 2.75) is 13.5 Å². The fourth-order valence-electron chi connectivity index (χ4n) is 0.904. The Balaban J connectivity index is 2.74. The van der Waals surface area contributed by atoms with Crippen LogP contribution in [0.25, 0.3) is 0 Å². The Kier molecular flexibility index (Phi) is 2.41. The highest BCUT2D eigenvalue weighted by molar-refractivity contribution is 5.76. The molecular formula is C7H13N5O. The van der Waals surface area contributed by atoms with Gasteiger partial charge in [0.25, 0.3) is 0 Å². The van der Waals surface area contributed by atoms with Gasteiger partial charge in [0.15, 0.2) is 0 Å². The zero-order valence-electron chi connectivity index (χ0n) is 7.40. The van der Waals surface area contributed by atoms with Gasteiger partial charge in [0.1, 0.15) is 5.82 Å². The van der Waals surface area contributed by atoms with E-state index < -0.39 is 0 Å². The zero-order chi connectivity index (χ0) is 10.0. The first kappa shape index (κ1) is 9.37. The third-order valence-electron chi connectivity index (χ3n) is 1.84. The Bertz CT molecular complexity index is 319. The molecule has 0 spiro atoms. The molecule has 1 aromatic heterocycles. The Morgan fingerprint density at radius 1 is 1.69 bits per heavy atom. The standard InChI is InChI=1S/C7H13N5O/c1-4(7(10)13)3-12-6(9)5(8)2-11-12/h2,4H,3,8-9H2,1H3,(H2,10,13). The summed E-state index contributed by atoms with van der Waals surface area (Å²) in [5, 5.41) is 3.90. The van der Waals surface area contributed by atoms with Crippen molar-refractivity contribution in [1.82, 2.24) is 9.78 Å². The lowest BCUT2D eigenvalue weighted by atomic mass is 10.2. The number of hydrogen-bond acceptors (Lipinski definition) is 4. The second-order valence-corrected chi connectivity index (χ2v) is 2.97. The number of primary amides is 1. The summed E-state index contributed by atoms with van der Waals surface area (Å²) in [6, 6.07) is 0. The molecule has 0 radical (unpaired) electrons.